The SMILES string of the molecule is O=C(N[C@@H](Cc1ccccc1)C(=O)OCc1ccccc1)c1cc2c([nH]c3ccccc32)c(-c2ccc([N+](=O)[O-])cc2)n1. The van der Waals surface area contributed by atoms with Crippen LogP contribution in [0.15, 0.2) is 115 Å². The second kappa shape index (κ2) is 12.0. The van der Waals surface area contributed by atoms with Crippen LogP contribution in [0.5, 0.6) is 0 Å². The summed E-state index contributed by atoms with van der Waals surface area (Å²) in [5, 5.41) is 15.7. The van der Waals surface area contributed by atoms with Crippen molar-refractivity contribution in [2.45, 2.75) is 19.1 Å². The number of aromatic nitrogens is 2. The molecule has 9 nitrogen and oxygen atoms in total. The van der Waals surface area contributed by atoms with E-state index in [0.717, 1.165) is 27.4 Å². The third-order valence-electron chi connectivity index (χ3n) is 7.18. The lowest BCUT2D eigenvalue weighted by Gasteiger charge is -2.18. The number of esters is 1. The van der Waals surface area contributed by atoms with Gasteiger partial charge in [-0.1, -0.05) is 78.9 Å². The molecule has 0 aliphatic rings. The number of amides is 1. The molecule has 0 saturated heterocycles. The fourth-order valence-electron chi connectivity index (χ4n) is 5.02. The Labute approximate surface area is 246 Å². The molecule has 0 saturated carbocycles. The van der Waals surface area contributed by atoms with E-state index in [1.807, 2.05) is 84.9 Å². The Balaban J connectivity index is 1.36. The number of carbonyl (C=O) groups is 2. The fraction of sp³-hybridized carbons (Fsp3) is 0.0882. The molecule has 6 rings (SSSR count). The largest absolute Gasteiger partial charge is 0.459 e. The average molecular weight is 571 g/mol. The standard InChI is InChI=1S/C34H26N4O5/c39-33(37-30(19-22-9-3-1-4-10-22)34(40)43-21-23-11-5-2-6-12-23)29-20-27-26-13-7-8-14-28(26)35-32(27)31(36-29)24-15-17-25(18-16-24)38(41)42/h1-18,20,30,35H,19,21H2,(H,37,39)/t30-/m0/s1. The van der Waals surface area contributed by atoms with E-state index in [0.29, 0.717) is 16.8 Å². The van der Waals surface area contributed by atoms with Gasteiger partial charge in [0.1, 0.15) is 18.3 Å². The summed E-state index contributed by atoms with van der Waals surface area (Å²) in [5.74, 6) is -1.11. The number of nitrogens with one attached hydrogen (secondary N) is 2. The van der Waals surface area contributed by atoms with Gasteiger partial charge in [-0.25, -0.2) is 9.78 Å². The van der Waals surface area contributed by atoms with Gasteiger partial charge in [0, 0.05) is 40.4 Å². The highest BCUT2D eigenvalue weighted by Crippen LogP contribution is 2.33. The average Bonchev–Trinajstić information content (AvgIpc) is 3.42. The lowest BCUT2D eigenvalue weighted by Crippen LogP contribution is -2.43. The first kappa shape index (κ1) is 27.3. The summed E-state index contributed by atoms with van der Waals surface area (Å²) in [6.07, 6.45) is 0.227. The number of nitro groups is 1. The summed E-state index contributed by atoms with van der Waals surface area (Å²) < 4.78 is 5.60. The first-order valence-electron chi connectivity index (χ1n) is 13.7. The smallest absolute Gasteiger partial charge is 0.329 e. The summed E-state index contributed by atoms with van der Waals surface area (Å²) in [6, 6.07) is 33.1. The van der Waals surface area contributed by atoms with E-state index in [9.17, 15) is 19.7 Å². The van der Waals surface area contributed by atoms with Crippen molar-refractivity contribution in [3.05, 3.63) is 142 Å². The van der Waals surface area contributed by atoms with Crippen LogP contribution in [-0.2, 0) is 22.6 Å². The number of hydrogen-bond donors (Lipinski definition) is 2. The van der Waals surface area contributed by atoms with Crippen molar-refractivity contribution in [3.8, 4) is 11.3 Å². The molecule has 1 atom stereocenters. The molecular weight excluding hydrogens is 544 g/mol. The van der Waals surface area contributed by atoms with E-state index in [-0.39, 0.29) is 24.4 Å². The van der Waals surface area contributed by atoms with Gasteiger partial charge in [-0.2, -0.15) is 0 Å². The minimum Gasteiger partial charge on any atom is -0.459 e. The number of fused-ring (bicyclic) bond motifs is 3. The molecule has 0 unspecified atom stereocenters. The van der Waals surface area contributed by atoms with Crippen LogP contribution in [0.3, 0.4) is 0 Å². The topological polar surface area (TPSA) is 127 Å². The second-order valence-electron chi connectivity index (χ2n) is 10.1. The molecule has 0 bridgehead atoms. The van der Waals surface area contributed by atoms with Crippen molar-refractivity contribution in [2.24, 2.45) is 0 Å². The van der Waals surface area contributed by atoms with Crippen LogP contribution in [0.4, 0.5) is 5.69 Å². The van der Waals surface area contributed by atoms with E-state index in [1.165, 1.54) is 12.1 Å². The Hall–Kier alpha value is -5.83. The molecule has 4 aromatic carbocycles. The van der Waals surface area contributed by atoms with Gasteiger partial charge in [0.2, 0.25) is 0 Å². The Kier molecular flexibility index (Phi) is 7.60. The zero-order valence-corrected chi connectivity index (χ0v) is 22.9. The number of nitrogens with zero attached hydrogens (tertiary/aromatic N) is 2. The first-order valence-corrected chi connectivity index (χ1v) is 13.7. The normalized spacial score (nSPS) is 11.7. The van der Waals surface area contributed by atoms with E-state index in [2.05, 4.69) is 15.3 Å². The number of ether oxygens (including phenoxy) is 1. The van der Waals surface area contributed by atoms with Gasteiger partial charge in [0.25, 0.3) is 11.6 Å². The van der Waals surface area contributed by atoms with Crippen LogP contribution in [0.2, 0.25) is 0 Å². The maximum absolute atomic E-state index is 13.8. The molecule has 6 aromatic rings. The van der Waals surface area contributed by atoms with E-state index < -0.39 is 22.8 Å². The molecule has 0 aliphatic heterocycles. The molecule has 0 aliphatic carbocycles. The number of pyridine rings is 1. The van der Waals surface area contributed by atoms with Crippen molar-refractivity contribution < 1.29 is 19.2 Å². The van der Waals surface area contributed by atoms with Crippen molar-refractivity contribution >= 4 is 39.4 Å². The summed E-state index contributed by atoms with van der Waals surface area (Å²) >= 11 is 0. The molecule has 0 radical (unpaired) electrons. The molecule has 0 spiro atoms. The predicted molar refractivity (Wildman–Crippen MR) is 163 cm³/mol. The zero-order valence-electron chi connectivity index (χ0n) is 22.9. The van der Waals surface area contributed by atoms with Crippen LogP contribution in [0.25, 0.3) is 33.1 Å². The number of para-hydroxylation sites is 1. The molecule has 2 aromatic heterocycles. The van der Waals surface area contributed by atoms with Gasteiger partial charge in [0.15, 0.2) is 0 Å². The molecule has 0 fully saturated rings. The Bertz CT molecular complexity index is 1940. The minimum absolute atomic E-state index is 0.0525. The number of non-ortho nitro benzene ring substituents is 1. The maximum Gasteiger partial charge on any atom is 0.329 e. The summed E-state index contributed by atoms with van der Waals surface area (Å²) in [6.45, 7) is 0.0741. The Morgan fingerprint density at radius 2 is 1.49 bits per heavy atom. The number of carbonyl (C=O) groups excluding carboxylic acids is 2. The molecule has 212 valence electrons. The number of H-pyrrole nitrogens is 1. The molecule has 2 N–H and O–H groups in total. The molecular formula is C34H26N4O5. The van der Waals surface area contributed by atoms with Gasteiger partial charge in [-0.3, -0.25) is 14.9 Å². The van der Waals surface area contributed by atoms with E-state index >= 15 is 0 Å². The van der Waals surface area contributed by atoms with Crippen molar-refractivity contribution in [1.82, 2.24) is 15.3 Å². The third-order valence-corrected chi connectivity index (χ3v) is 7.18. The molecule has 2 heterocycles. The first-order chi connectivity index (χ1) is 21.0. The van der Waals surface area contributed by atoms with Gasteiger partial charge in [-0.15, -0.1) is 0 Å². The predicted octanol–water partition coefficient (Wildman–Crippen LogP) is 6.38. The maximum atomic E-state index is 13.8. The Morgan fingerprint density at radius 1 is 0.837 bits per heavy atom. The highest BCUT2D eigenvalue weighted by Gasteiger charge is 2.25. The van der Waals surface area contributed by atoms with Gasteiger partial charge >= 0.3 is 5.97 Å². The molecule has 43 heavy (non-hydrogen) atoms. The fourth-order valence-corrected chi connectivity index (χ4v) is 5.02. The van der Waals surface area contributed by atoms with Gasteiger partial charge < -0.3 is 15.0 Å². The monoisotopic (exact) mass is 570 g/mol. The molecule has 1 amide bonds. The summed E-state index contributed by atoms with van der Waals surface area (Å²) in [5.41, 5.74) is 4.33. The lowest BCUT2D eigenvalue weighted by molar-refractivity contribution is -0.384. The number of rotatable bonds is 9. The summed E-state index contributed by atoms with van der Waals surface area (Å²) in [7, 11) is 0. The lowest BCUT2D eigenvalue weighted by atomic mass is 10.0. The van der Waals surface area contributed by atoms with Crippen molar-refractivity contribution in [1.29, 1.82) is 0 Å². The highest BCUT2D eigenvalue weighted by molar-refractivity contribution is 6.13. The van der Waals surface area contributed by atoms with Crippen molar-refractivity contribution in [2.75, 3.05) is 0 Å². The zero-order chi connectivity index (χ0) is 29.8. The van der Waals surface area contributed by atoms with Gasteiger partial charge in [0.05, 0.1) is 16.1 Å². The van der Waals surface area contributed by atoms with Crippen LogP contribution >= 0.6 is 0 Å². The van der Waals surface area contributed by atoms with Crippen LogP contribution in [0, 0.1) is 10.1 Å². The van der Waals surface area contributed by atoms with E-state index in [4.69, 9.17) is 4.74 Å². The quantitative estimate of drug-likeness (QED) is 0.118. The van der Waals surface area contributed by atoms with Crippen LogP contribution < -0.4 is 5.32 Å². The molecule has 9 heteroatoms. The van der Waals surface area contributed by atoms with E-state index in [1.54, 1.807) is 18.2 Å². The van der Waals surface area contributed by atoms with Crippen LogP contribution in [-0.4, -0.2) is 32.8 Å². The minimum atomic E-state index is -0.970. The van der Waals surface area contributed by atoms with Gasteiger partial charge in [-0.05, 0) is 35.4 Å². The van der Waals surface area contributed by atoms with Crippen molar-refractivity contribution in [3.63, 3.8) is 0 Å². The highest BCUT2D eigenvalue weighted by atomic mass is 16.6. The third kappa shape index (κ3) is 5.96. The summed E-state index contributed by atoms with van der Waals surface area (Å²) in [4.78, 5) is 45.9. The second-order valence-corrected chi connectivity index (χ2v) is 10.1. The Morgan fingerprint density at radius 3 is 2.19 bits per heavy atom. The number of hydrogen-bond acceptors (Lipinski definition) is 6. The number of nitro benzene ring substituents is 1. The number of aromatic amines is 1. The van der Waals surface area contributed by atoms with Crippen LogP contribution in [0.1, 0.15) is 21.6 Å². The number of benzene rings is 4.